The Balaban J connectivity index is 2.66. The number of aryl methyl sites for hydroxylation is 1. The first kappa shape index (κ1) is 11.8. The van der Waals surface area contributed by atoms with Crippen molar-refractivity contribution in [2.24, 2.45) is 7.05 Å². The van der Waals surface area contributed by atoms with Crippen molar-refractivity contribution in [2.75, 3.05) is 7.05 Å². The van der Waals surface area contributed by atoms with Gasteiger partial charge in [-0.2, -0.15) is 5.10 Å². The fraction of sp³-hybridized carbons (Fsp3) is 0.583. The second kappa shape index (κ2) is 5.57. The van der Waals surface area contributed by atoms with Gasteiger partial charge in [0.15, 0.2) is 0 Å². The molecule has 3 heteroatoms. The van der Waals surface area contributed by atoms with E-state index in [-0.39, 0.29) is 0 Å². The van der Waals surface area contributed by atoms with Gasteiger partial charge >= 0.3 is 0 Å². The molecule has 15 heavy (non-hydrogen) atoms. The zero-order valence-corrected chi connectivity index (χ0v) is 9.75. The Labute approximate surface area is 91.9 Å². The van der Waals surface area contributed by atoms with Crippen molar-refractivity contribution >= 4 is 0 Å². The van der Waals surface area contributed by atoms with Crippen molar-refractivity contribution in [3.8, 4) is 12.3 Å². The Morgan fingerprint density at radius 1 is 1.67 bits per heavy atom. The lowest BCUT2D eigenvalue weighted by Gasteiger charge is -2.15. The first-order chi connectivity index (χ1) is 7.20. The van der Waals surface area contributed by atoms with Crippen LogP contribution in [0.15, 0.2) is 6.20 Å². The van der Waals surface area contributed by atoms with Crippen LogP contribution in [0.4, 0.5) is 0 Å². The van der Waals surface area contributed by atoms with Crippen molar-refractivity contribution in [3.05, 3.63) is 17.5 Å². The molecule has 1 atom stereocenters. The second-order valence-corrected chi connectivity index (χ2v) is 3.75. The Morgan fingerprint density at radius 2 is 2.40 bits per heavy atom. The highest BCUT2D eigenvalue weighted by atomic mass is 15.3. The summed E-state index contributed by atoms with van der Waals surface area (Å²) in [6, 6.07) is 0.368. The molecule has 82 valence electrons. The molecule has 1 aromatic heterocycles. The molecule has 0 aliphatic heterocycles. The number of aromatic nitrogens is 2. The summed E-state index contributed by atoms with van der Waals surface area (Å²) in [6.07, 6.45) is 10.1. The number of hydrogen-bond acceptors (Lipinski definition) is 2. The fourth-order valence-corrected chi connectivity index (χ4v) is 1.72. The van der Waals surface area contributed by atoms with Gasteiger partial charge in [0.1, 0.15) is 0 Å². The van der Waals surface area contributed by atoms with Crippen LogP contribution >= 0.6 is 0 Å². The average molecular weight is 205 g/mol. The van der Waals surface area contributed by atoms with Crippen molar-refractivity contribution in [3.63, 3.8) is 0 Å². The predicted octanol–water partition coefficient (Wildman–Crippen LogP) is 1.79. The molecule has 3 nitrogen and oxygen atoms in total. The van der Waals surface area contributed by atoms with E-state index in [1.807, 2.05) is 25.0 Å². The smallest absolute Gasteiger partial charge is 0.0540 e. The summed E-state index contributed by atoms with van der Waals surface area (Å²) >= 11 is 0. The van der Waals surface area contributed by atoms with Crippen LogP contribution < -0.4 is 5.32 Å². The van der Waals surface area contributed by atoms with Gasteiger partial charge in [-0.1, -0.05) is 0 Å². The molecule has 0 spiro atoms. The topological polar surface area (TPSA) is 29.9 Å². The van der Waals surface area contributed by atoms with Gasteiger partial charge in [0.05, 0.1) is 6.20 Å². The molecular weight excluding hydrogens is 186 g/mol. The van der Waals surface area contributed by atoms with E-state index in [9.17, 15) is 0 Å². The third kappa shape index (κ3) is 2.84. The molecular formula is C12H19N3. The standard InChI is InChI=1S/C12H19N3/c1-5-6-7-8-12(13-3)11-9-14-15(4)10(11)2/h1,9,12-13H,6-8H2,2-4H3. The summed E-state index contributed by atoms with van der Waals surface area (Å²) < 4.78 is 1.90. The minimum absolute atomic E-state index is 0.368. The number of nitrogens with zero attached hydrogens (tertiary/aromatic N) is 2. The first-order valence-corrected chi connectivity index (χ1v) is 5.30. The number of nitrogens with one attached hydrogen (secondary N) is 1. The Morgan fingerprint density at radius 3 is 2.87 bits per heavy atom. The number of hydrogen-bond donors (Lipinski definition) is 1. The minimum Gasteiger partial charge on any atom is -0.313 e. The molecule has 0 aliphatic rings. The van der Waals surface area contributed by atoms with Gasteiger partial charge in [-0.15, -0.1) is 12.3 Å². The van der Waals surface area contributed by atoms with Crippen molar-refractivity contribution < 1.29 is 0 Å². The molecule has 0 aliphatic carbocycles. The van der Waals surface area contributed by atoms with Gasteiger partial charge in [-0.05, 0) is 26.8 Å². The lowest BCUT2D eigenvalue weighted by atomic mass is 10.0. The van der Waals surface area contributed by atoms with E-state index >= 15 is 0 Å². The van der Waals surface area contributed by atoms with Gasteiger partial charge in [-0.25, -0.2) is 0 Å². The van der Waals surface area contributed by atoms with Gasteiger partial charge in [-0.3, -0.25) is 4.68 Å². The molecule has 0 amide bonds. The number of unbranched alkanes of at least 4 members (excludes halogenated alkanes) is 1. The molecule has 1 heterocycles. The zero-order valence-electron chi connectivity index (χ0n) is 9.75. The van der Waals surface area contributed by atoms with E-state index < -0.39 is 0 Å². The Hall–Kier alpha value is -1.27. The normalized spacial score (nSPS) is 12.4. The van der Waals surface area contributed by atoms with E-state index in [1.54, 1.807) is 0 Å². The fourth-order valence-electron chi connectivity index (χ4n) is 1.72. The van der Waals surface area contributed by atoms with Gasteiger partial charge in [0.2, 0.25) is 0 Å². The van der Waals surface area contributed by atoms with E-state index in [2.05, 4.69) is 23.3 Å². The summed E-state index contributed by atoms with van der Waals surface area (Å²) in [6.45, 7) is 2.09. The van der Waals surface area contributed by atoms with Crippen molar-refractivity contribution in [2.45, 2.75) is 32.2 Å². The maximum absolute atomic E-state index is 5.24. The molecule has 1 aromatic rings. The predicted molar refractivity (Wildman–Crippen MR) is 62.4 cm³/mol. The van der Waals surface area contributed by atoms with Crippen LogP contribution in [0.2, 0.25) is 0 Å². The molecule has 0 saturated carbocycles. The SMILES string of the molecule is C#CCCCC(NC)c1cnn(C)c1C. The van der Waals surface area contributed by atoms with E-state index in [1.165, 1.54) is 11.3 Å². The van der Waals surface area contributed by atoms with Crippen LogP contribution in [0, 0.1) is 19.3 Å². The van der Waals surface area contributed by atoms with Gasteiger partial charge in [0, 0.05) is 30.8 Å². The van der Waals surface area contributed by atoms with Gasteiger partial charge in [0.25, 0.3) is 0 Å². The van der Waals surface area contributed by atoms with Crippen molar-refractivity contribution in [1.29, 1.82) is 0 Å². The second-order valence-electron chi connectivity index (χ2n) is 3.75. The monoisotopic (exact) mass is 205 g/mol. The minimum atomic E-state index is 0.368. The number of rotatable bonds is 5. The third-order valence-corrected chi connectivity index (χ3v) is 2.81. The van der Waals surface area contributed by atoms with Crippen LogP contribution in [0.3, 0.4) is 0 Å². The average Bonchev–Trinajstić information content (AvgIpc) is 2.56. The highest BCUT2D eigenvalue weighted by molar-refractivity contribution is 5.20. The van der Waals surface area contributed by atoms with E-state index in [4.69, 9.17) is 6.42 Å². The van der Waals surface area contributed by atoms with E-state index in [0.717, 1.165) is 19.3 Å². The number of terminal acetylenes is 1. The van der Waals surface area contributed by atoms with Crippen LogP contribution in [0.5, 0.6) is 0 Å². The molecule has 0 aromatic carbocycles. The lowest BCUT2D eigenvalue weighted by Crippen LogP contribution is -2.17. The molecule has 0 radical (unpaired) electrons. The summed E-state index contributed by atoms with van der Waals surface area (Å²) in [5.74, 6) is 2.67. The maximum Gasteiger partial charge on any atom is 0.0540 e. The van der Waals surface area contributed by atoms with Crippen molar-refractivity contribution in [1.82, 2.24) is 15.1 Å². The molecule has 1 unspecified atom stereocenters. The summed E-state index contributed by atoms with van der Waals surface area (Å²) in [5.41, 5.74) is 2.49. The Bertz CT molecular complexity index is 346. The summed E-state index contributed by atoms with van der Waals surface area (Å²) in [5, 5.41) is 7.56. The van der Waals surface area contributed by atoms with Crippen LogP contribution in [0.25, 0.3) is 0 Å². The first-order valence-electron chi connectivity index (χ1n) is 5.30. The quantitative estimate of drug-likeness (QED) is 0.586. The summed E-state index contributed by atoms with van der Waals surface area (Å²) in [4.78, 5) is 0. The highest BCUT2D eigenvalue weighted by Crippen LogP contribution is 2.21. The third-order valence-electron chi connectivity index (χ3n) is 2.81. The molecule has 0 fully saturated rings. The molecule has 0 saturated heterocycles. The summed E-state index contributed by atoms with van der Waals surface area (Å²) in [7, 11) is 3.94. The largest absolute Gasteiger partial charge is 0.313 e. The van der Waals surface area contributed by atoms with Crippen LogP contribution in [-0.4, -0.2) is 16.8 Å². The van der Waals surface area contributed by atoms with Gasteiger partial charge < -0.3 is 5.32 Å². The maximum atomic E-state index is 5.24. The molecule has 0 bridgehead atoms. The van der Waals surface area contributed by atoms with Crippen LogP contribution in [0.1, 0.15) is 36.6 Å². The van der Waals surface area contributed by atoms with E-state index in [0.29, 0.717) is 6.04 Å². The molecule has 1 rings (SSSR count). The van der Waals surface area contributed by atoms with Crippen LogP contribution in [-0.2, 0) is 7.05 Å². The zero-order chi connectivity index (χ0) is 11.3. The highest BCUT2D eigenvalue weighted by Gasteiger charge is 2.13. The Kier molecular flexibility index (Phi) is 4.38. The molecule has 1 N–H and O–H groups in total. The lowest BCUT2D eigenvalue weighted by molar-refractivity contribution is 0.528.